The number of carbonyl (C=O) groups excluding carboxylic acids is 2. The van der Waals surface area contributed by atoms with Gasteiger partial charge in [0.1, 0.15) is 0 Å². The zero-order chi connectivity index (χ0) is 21.5. The molecule has 3 heterocycles. The second kappa shape index (κ2) is 10.1. The van der Waals surface area contributed by atoms with Crippen LogP contribution in [0.3, 0.4) is 0 Å². The van der Waals surface area contributed by atoms with E-state index in [1.54, 1.807) is 6.20 Å². The van der Waals surface area contributed by atoms with E-state index in [-0.39, 0.29) is 18.4 Å². The van der Waals surface area contributed by atoms with Gasteiger partial charge in [-0.3, -0.25) is 14.6 Å². The van der Waals surface area contributed by atoms with Crippen molar-refractivity contribution in [1.82, 2.24) is 15.2 Å². The summed E-state index contributed by atoms with van der Waals surface area (Å²) < 4.78 is 5.55. The summed E-state index contributed by atoms with van der Waals surface area (Å²) in [6.45, 7) is 2.83. The molecule has 0 radical (unpaired) electrons. The van der Waals surface area contributed by atoms with Gasteiger partial charge in [-0.15, -0.1) is 0 Å². The Kier molecular flexibility index (Phi) is 6.97. The van der Waals surface area contributed by atoms with E-state index in [9.17, 15) is 9.59 Å². The summed E-state index contributed by atoms with van der Waals surface area (Å²) in [4.78, 5) is 31.8. The first-order valence-electron chi connectivity index (χ1n) is 11.3. The number of ether oxygens (including phenoxy) is 1. The van der Waals surface area contributed by atoms with Gasteiger partial charge in [0.2, 0.25) is 11.8 Å². The Morgan fingerprint density at radius 3 is 2.42 bits per heavy atom. The van der Waals surface area contributed by atoms with Crippen LogP contribution < -0.4 is 5.32 Å². The number of rotatable bonds is 6. The largest absolute Gasteiger partial charge is 0.381 e. The molecule has 2 aliphatic heterocycles. The van der Waals surface area contributed by atoms with Gasteiger partial charge in [-0.05, 0) is 61.3 Å². The monoisotopic (exact) mass is 421 g/mol. The summed E-state index contributed by atoms with van der Waals surface area (Å²) in [5, 5.41) is 2.95. The van der Waals surface area contributed by atoms with Crippen LogP contribution in [0.15, 0.2) is 48.8 Å². The molecule has 1 aromatic heterocycles. The average Bonchev–Trinajstić information content (AvgIpc) is 2.84. The molecular formula is C25H31N3O3. The van der Waals surface area contributed by atoms with Crippen LogP contribution in [0.4, 0.5) is 0 Å². The normalized spacial score (nSPS) is 18.4. The number of aromatic nitrogens is 1. The van der Waals surface area contributed by atoms with Gasteiger partial charge in [-0.25, -0.2) is 0 Å². The number of nitrogens with one attached hydrogen (secondary N) is 1. The molecule has 0 bridgehead atoms. The lowest BCUT2D eigenvalue weighted by Crippen LogP contribution is -2.49. The Morgan fingerprint density at radius 1 is 1.00 bits per heavy atom. The maximum atomic E-state index is 13.3. The number of nitrogens with zero attached hydrogens (tertiary/aromatic N) is 2. The van der Waals surface area contributed by atoms with Gasteiger partial charge >= 0.3 is 0 Å². The molecule has 4 rings (SSSR count). The highest BCUT2D eigenvalue weighted by molar-refractivity contribution is 5.88. The third kappa shape index (κ3) is 5.31. The van der Waals surface area contributed by atoms with Crippen molar-refractivity contribution in [1.29, 1.82) is 0 Å². The van der Waals surface area contributed by atoms with Gasteiger partial charge in [0.05, 0.1) is 12.0 Å². The standard InChI is InChI=1S/C25H31N3O3/c29-23(28-13-2-1-3-14-28)19-27-24(30)25(10-15-31-16-11-25)17-20-6-8-21(9-7-20)22-5-4-12-26-18-22/h4-9,12,18H,1-3,10-11,13-17,19H2,(H,27,30). The van der Waals surface area contributed by atoms with Crippen molar-refractivity contribution < 1.29 is 14.3 Å². The van der Waals surface area contributed by atoms with E-state index >= 15 is 0 Å². The van der Waals surface area contributed by atoms with Crippen molar-refractivity contribution in [3.8, 4) is 11.1 Å². The lowest BCUT2D eigenvalue weighted by Gasteiger charge is -2.36. The SMILES string of the molecule is O=C(CNC(=O)C1(Cc2ccc(-c3cccnc3)cc2)CCOCC1)N1CCCCC1. The van der Waals surface area contributed by atoms with Crippen molar-refractivity contribution in [2.75, 3.05) is 32.8 Å². The molecule has 0 saturated carbocycles. The van der Waals surface area contributed by atoms with Crippen molar-refractivity contribution in [3.63, 3.8) is 0 Å². The van der Waals surface area contributed by atoms with Crippen LogP contribution in [-0.2, 0) is 20.7 Å². The van der Waals surface area contributed by atoms with Crippen molar-refractivity contribution in [2.24, 2.45) is 5.41 Å². The van der Waals surface area contributed by atoms with Gasteiger partial charge in [0.15, 0.2) is 0 Å². The number of likely N-dealkylation sites (tertiary alicyclic amines) is 1. The van der Waals surface area contributed by atoms with Crippen molar-refractivity contribution in [2.45, 2.75) is 38.5 Å². The quantitative estimate of drug-likeness (QED) is 0.777. The summed E-state index contributed by atoms with van der Waals surface area (Å²) in [5.41, 5.74) is 2.77. The molecule has 0 atom stereocenters. The zero-order valence-corrected chi connectivity index (χ0v) is 18.0. The maximum Gasteiger partial charge on any atom is 0.241 e. The summed E-state index contributed by atoms with van der Waals surface area (Å²) >= 11 is 0. The predicted molar refractivity (Wildman–Crippen MR) is 119 cm³/mol. The fourth-order valence-electron chi connectivity index (χ4n) is 4.58. The zero-order valence-electron chi connectivity index (χ0n) is 18.0. The van der Waals surface area contributed by atoms with Crippen LogP contribution in [0, 0.1) is 5.41 Å². The number of pyridine rings is 1. The van der Waals surface area contributed by atoms with Crippen molar-refractivity contribution >= 4 is 11.8 Å². The molecule has 2 saturated heterocycles. The molecule has 2 aliphatic rings. The lowest BCUT2D eigenvalue weighted by molar-refractivity contribution is -0.140. The molecule has 2 amide bonds. The molecule has 6 heteroatoms. The second-order valence-electron chi connectivity index (χ2n) is 8.63. The summed E-state index contributed by atoms with van der Waals surface area (Å²) in [7, 11) is 0. The first-order chi connectivity index (χ1) is 15.2. The van der Waals surface area contributed by atoms with Crippen LogP contribution in [-0.4, -0.2) is 54.5 Å². The molecule has 6 nitrogen and oxygen atoms in total. The van der Waals surface area contributed by atoms with Crippen LogP contribution in [0.2, 0.25) is 0 Å². The second-order valence-corrected chi connectivity index (χ2v) is 8.63. The number of carbonyl (C=O) groups is 2. The van der Waals surface area contributed by atoms with E-state index in [0.29, 0.717) is 32.5 Å². The highest BCUT2D eigenvalue weighted by Crippen LogP contribution is 2.35. The molecular weight excluding hydrogens is 390 g/mol. The number of amides is 2. The van der Waals surface area contributed by atoms with Crippen LogP contribution in [0.25, 0.3) is 11.1 Å². The first-order valence-corrected chi connectivity index (χ1v) is 11.3. The summed E-state index contributed by atoms with van der Waals surface area (Å²) in [5.74, 6) is -0.00595. The lowest BCUT2D eigenvalue weighted by atomic mass is 9.74. The number of hydrogen-bond acceptors (Lipinski definition) is 4. The number of benzene rings is 1. The number of hydrogen-bond donors (Lipinski definition) is 1. The topological polar surface area (TPSA) is 71.5 Å². The minimum absolute atomic E-state index is 0.0242. The molecule has 31 heavy (non-hydrogen) atoms. The Balaban J connectivity index is 1.42. The Hall–Kier alpha value is -2.73. The highest BCUT2D eigenvalue weighted by Gasteiger charge is 2.40. The van der Waals surface area contributed by atoms with Gasteiger partial charge in [-0.1, -0.05) is 30.3 Å². The Morgan fingerprint density at radius 2 is 1.74 bits per heavy atom. The average molecular weight is 422 g/mol. The van der Waals surface area contributed by atoms with Gasteiger partial charge in [0, 0.05) is 38.7 Å². The van der Waals surface area contributed by atoms with E-state index in [1.165, 1.54) is 6.42 Å². The van der Waals surface area contributed by atoms with E-state index in [4.69, 9.17) is 4.74 Å². The summed E-state index contributed by atoms with van der Waals surface area (Å²) in [6.07, 6.45) is 8.88. The minimum Gasteiger partial charge on any atom is -0.381 e. The van der Waals surface area contributed by atoms with Crippen LogP contribution >= 0.6 is 0 Å². The molecule has 1 N–H and O–H groups in total. The van der Waals surface area contributed by atoms with Crippen molar-refractivity contribution in [3.05, 3.63) is 54.4 Å². The third-order valence-corrected chi connectivity index (χ3v) is 6.53. The molecule has 164 valence electrons. The smallest absolute Gasteiger partial charge is 0.241 e. The maximum absolute atomic E-state index is 13.3. The molecule has 0 spiro atoms. The van der Waals surface area contributed by atoms with Gasteiger partial charge in [0.25, 0.3) is 0 Å². The Labute approximate surface area is 184 Å². The van der Waals surface area contributed by atoms with E-state index in [1.807, 2.05) is 23.2 Å². The van der Waals surface area contributed by atoms with E-state index < -0.39 is 5.41 Å². The van der Waals surface area contributed by atoms with E-state index in [2.05, 4.69) is 34.6 Å². The predicted octanol–water partition coefficient (Wildman–Crippen LogP) is 3.22. The molecule has 1 aromatic carbocycles. The first kappa shape index (κ1) is 21.5. The highest BCUT2D eigenvalue weighted by atomic mass is 16.5. The fourth-order valence-corrected chi connectivity index (χ4v) is 4.58. The van der Waals surface area contributed by atoms with Crippen LogP contribution in [0.1, 0.15) is 37.7 Å². The third-order valence-electron chi connectivity index (χ3n) is 6.53. The molecule has 0 aliphatic carbocycles. The minimum atomic E-state index is -0.532. The van der Waals surface area contributed by atoms with E-state index in [0.717, 1.165) is 42.6 Å². The molecule has 2 aromatic rings. The van der Waals surface area contributed by atoms with Gasteiger partial charge < -0.3 is 15.0 Å². The van der Waals surface area contributed by atoms with Gasteiger partial charge in [-0.2, -0.15) is 0 Å². The molecule has 0 unspecified atom stereocenters. The number of piperidine rings is 1. The Bertz CT molecular complexity index is 871. The fraction of sp³-hybridized carbons (Fsp3) is 0.480. The summed E-state index contributed by atoms with van der Waals surface area (Å²) in [6, 6.07) is 12.3. The molecule has 2 fully saturated rings. The van der Waals surface area contributed by atoms with Crippen LogP contribution in [0.5, 0.6) is 0 Å².